The van der Waals surface area contributed by atoms with Crippen LogP contribution in [-0.2, 0) is 4.79 Å². The van der Waals surface area contributed by atoms with Crippen molar-refractivity contribution in [1.29, 1.82) is 0 Å². The van der Waals surface area contributed by atoms with E-state index >= 15 is 0 Å². The van der Waals surface area contributed by atoms with Gasteiger partial charge in [0.15, 0.2) is 17.3 Å². The lowest BCUT2D eigenvalue weighted by molar-refractivity contribution is -0.135. The van der Waals surface area contributed by atoms with Crippen molar-refractivity contribution >= 4 is 34.7 Å². The van der Waals surface area contributed by atoms with Crippen LogP contribution in [0.5, 0.6) is 0 Å². The zero-order valence-corrected chi connectivity index (χ0v) is 18.1. The third-order valence-electron chi connectivity index (χ3n) is 6.34. The first-order valence-corrected chi connectivity index (χ1v) is 11.1. The summed E-state index contributed by atoms with van der Waals surface area (Å²) in [7, 11) is 0. The van der Waals surface area contributed by atoms with Crippen molar-refractivity contribution in [1.82, 2.24) is 24.5 Å². The van der Waals surface area contributed by atoms with Crippen LogP contribution in [0, 0.1) is 11.7 Å². The van der Waals surface area contributed by atoms with Gasteiger partial charge in [-0.3, -0.25) is 14.6 Å². The van der Waals surface area contributed by atoms with Gasteiger partial charge in [-0.1, -0.05) is 0 Å². The number of carbonyl (C=O) groups is 2. The minimum Gasteiger partial charge on any atom is -0.381 e. The second kappa shape index (κ2) is 8.64. The molecule has 2 saturated heterocycles. The monoisotopic (exact) mass is 452 g/mol. The third kappa shape index (κ3) is 4.06. The van der Waals surface area contributed by atoms with Crippen LogP contribution in [0.4, 0.5) is 21.6 Å². The lowest BCUT2D eigenvalue weighted by Gasteiger charge is -2.35. The van der Waals surface area contributed by atoms with E-state index in [1.165, 1.54) is 0 Å². The quantitative estimate of drug-likeness (QED) is 0.620. The van der Waals surface area contributed by atoms with Crippen LogP contribution in [0.3, 0.4) is 0 Å². The Hall–Kier alpha value is -3.76. The number of hydrogen-bond donors (Lipinski definition) is 2. The summed E-state index contributed by atoms with van der Waals surface area (Å²) in [6.07, 6.45) is 9.07. The molecule has 5 heterocycles. The van der Waals surface area contributed by atoms with Gasteiger partial charge >= 0.3 is 0 Å². The number of carbonyl (C=O) groups excluding carboxylic acids is 2. The van der Waals surface area contributed by atoms with E-state index in [9.17, 15) is 14.0 Å². The molecule has 0 unspecified atom stereocenters. The first-order chi connectivity index (χ1) is 16.0. The van der Waals surface area contributed by atoms with Gasteiger partial charge < -0.3 is 20.9 Å². The fourth-order valence-electron chi connectivity index (χ4n) is 4.65. The zero-order valence-electron chi connectivity index (χ0n) is 18.1. The summed E-state index contributed by atoms with van der Waals surface area (Å²) in [4.78, 5) is 38.0. The number of nitrogens with two attached hydrogens (primary N) is 1. The minimum atomic E-state index is -0.585. The van der Waals surface area contributed by atoms with Crippen molar-refractivity contribution in [2.75, 3.05) is 42.1 Å². The number of anilines is 3. The minimum absolute atomic E-state index is 0.0442. The molecule has 3 aromatic heterocycles. The van der Waals surface area contributed by atoms with Gasteiger partial charge in [-0.05, 0) is 31.7 Å². The molecule has 172 valence electrons. The summed E-state index contributed by atoms with van der Waals surface area (Å²) in [6, 6.07) is 1.84. The number of piperidine rings is 1. The Morgan fingerprint density at radius 2 is 1.88 bits per heavy atom. The van der Waals surface area contributed by atoms with Crippen LogP contribution in [0.2, 0.25) is 0 Å². The Bertz CT molecular complexity index is 1200. The number of fused-ring (bicyclic) bond motifs is 1. The molecule has 10 nitrogen and oxygen atoms in total. The van der Waals surface area contributed by atoms with E-state index < -0.39 is 11.7 Å². The molecule has 0 saturated carbocycles. The van der Waals surface area contributed by atoms with Crippen LogP contribution in [-0.4, -0.2) is 62.5 Å². The van der Waals surface area contributed by atoms with E-state index in [1.54, 1.807) is 12.4 Å². The van der Waals surface area contributed by atoms with E-state index in [2.05, 4.69) is 25.3 Å². The molecule has 33 heavy (non-hydrogen) atoms. The Kier molecular flexibility index (Phi) is 5.53. The van der Waals surface area contributed by atoms with Crippen LogP contribution in [0.25, 0.3) is 5.65 Å². The number of nitrogens with zero attached hydrogens (tertiary/aromatic N) is 6. The van der Waals surface area contributed by atoms with Gasteiger partial charge in [-0.2, -0.15) is 0 Å². The molecule has 0 atom stereocenters. The van der Waals surface area contributed by atoms with Crippen LogP contribution < -0.4 is 16.0 Å². The van der Waals surface area contributed by atoms with Crippen LogP contribution in [0.1, 0.15) is 36.0 Å². The largest absolute Gasteiger partial charge is 0.381 e. The number of halogens is 1. The highest BCUT2D eigenvalue weighted by atomic mass is 19.1. The number of rotatable bonds is 4. The van der Waals surface area contributed by atoms with Crippen molar-refractivity contribution in [3.8, 4) is 0 Å². The van der Waals surface area contributed by atoms with Crippen LogP contribution in [0.15, 0.2) is 30.9 Å². The molecule has 11 heteroatoms. The summed E-state index contributed by atoms with van der Waals surface area (Å²) in [5, 5.41) is 6.83. The summed E-state index contributed by atoms with van der Waals surface area (Å²) < 4.78 is 14.6. The molecule has 2 fully saturated rings. The molecule has 2 amide bonds. The summed E-state index contributed by atoms with van der Waals surface area (Å²) in [5.74, 6) is -0.822. The molecule has 3 N–H and O–H groups in total. The average molecular weight is 452 g/mol. The van der Waals surface area contributed by atoms with Crippen LogP contribution >= 0.6 is 0 Å². The fraction of sp³-hybridized carbons (Fsp3) is 0.409. The highest BCUT2D eigenvalue weighted by Crippen LogP contribution is 2.31. The van der Waals surface area contributed by atoms with Crippen molar-refractivity contribution in [2.24, 2.45) is 5.92 Å². The zero-order chi connectivity index (χ0) is 22.9. The van der Waals surface area contributed by atoms with Gasteiger partial charge in [0.2, 0.25) is 5.91 Å². The summed E-state index contributed by atoms with van der Waals surface area (Å²) in [6.45, 7) is 3.15. The molecule has 0 bridgehead atoms. The first-order valence-electron chi connectivity index (χ1n) is 11.1. The molecular formula is C22H25FN8O2. The van der Waals surface area contributed by atoms with Gasteiger partial charge in [0.05, 0.1) is 30.0 Å². The van der Waals surface area contributed by atoms with E-state index in [1.807, 2.05) is 11.0 Å². The van der Waals surface area contributed by atoms with E-state index in [-0.39, 0.29) is 28.9 Å². The Morgan fingerprint density at radius 1 is 1.12 bits per heavy atom. The average Bonchev–Trinajstić information content (AvgIpc) is 3.46. The maximum atomic E-state index is 13.4. The maximum Gasteiger partial charge on any atom is 0.263 e. The number of amides is 2. The van der Waals surface area contributed by atoms with Crippen molar-refractivity contribution in [2.45, 2.75) is 25.7 Å². The molecule has 0 aromatic carbocycles. The van der Waals surface area contributed by atoms with Crippen molar-refractivity contribution in [3.05, 3.63) is 42.2 Å². The summed E-state index contributed by atoms with van der Waals surface area (Å²) in [5.41, 5.74) is 7.49. The van der Waals surface area contributed by atoms with Gasteiger partial charge in [-0.25, -0.2) is 13.9 Å². The lowest BCUT2D eigenvalue weighted by Crippen LogP contribution is -2.41. The smallest absolute Gasteiger partial charge is 0.263 e. The lowest BCUT2D eigenvalue weighted by atomic mass is 9.95. The highest BCUT2D eigenvalue weighted by Gasteiger charge is 2.31. The van der Waals surface area contributed by atoms with Gasteiger partial charge in [-0.15, -0.1) is 5.10 Å². The molecule has 3 aromatic rings. The maximum absolute atomic E-state index is 13.4. The Labute approximate surface area is 189 Å². The predicted molar refractivity (Wildman–Crippen MR) is 120 cm³/mol. The predicted octanol–water partition coefficient (Wildman–Crippen LogP) is 1.94. The first kappa shape index (κ1) is 21.1. The molecule has 5 rings (SSSR count). The Morgan fingerprint density at radius 3 is 2.64 bits per heavy atom. The van der Waals surface area contributed by atoms with Gasteiger partial charge in [0.25, 0.3) is 5.91 Å². The fourth-order valence-corrected chi connectivity index (χ4v) is 4.65. The van der Waals surface area contributed by atoms with E-state index in [0.29, 0.717) is 18.8 Å². The number of pyridine rings is 1. The standard InChI is InChI=1S/C22H25FN8O2/c23-15-11-26-20-18(19(24)28-31(20)13-15)21(32)27-16-12-25-6-3-17(16)29-9-4-14(5-10-29)22(33)30-7-1-2-8-30/h3,6,11-14H,1-2,4-5,7-10H2,(H2,24,28)(H,27,32). The second-order valence-corrected chi connectivity index (χ2v) is 8.44. The number of aromatic nitrogens is 4. The normalized spacial score (nSPS) is 17.0. The molecular weight excluding hydrogens is 427 g/mol. The third-order valence-corrected chi connectivity index (χ3v) is 6.34. The number of likely N-dealkylation sites (tertiary alicyclic amines) is 1. The highest BCUT2D eigenvalue weighted by molar-refractivity contribution is 6.12. The number of nitrogen functional groups attached to an aromatic ring is 1. The summed E-state index contributed by atoms with van der Waals surface area (Å²) >= 11 is 0. The molecule has 0 spiro atoms. The molecule has 2 aliphatic heterocycles. The van der Waals surface area contributed by atoms with Crippen molar-refractivity contribution in [3.63, 3.8) is 0 Å². The van der Waals surface area contributed by atoms with Crippen molar-refractivity contribution < 1.29 is 14.0 Å². The Balaban J connectivity index is 1.31. The van der Waals surface area contributed by atoms with Gasteiger partial charge in [0.1, 0.15) is 5.56 Å². The molecule has 0 radical (unpaired) electrons. The molecule has 0 aliphatic carbocycles. The topological polar surface area (TPSA) is 122 Å². The van der Waals surface area contributed by atoms with E-state index in [0.717, 1.165) is 61.4 Å². The van der Waals surface area contributed by atoms with E-state index in [4.69, 9.17) is 5.73 Å². The second-order valence-electron chi connectivity index (χ2n) is 8.44. The number of nitrogens with one attached hydrogen (secondary N) is 1. The SMILES string of the molecule is Nc1nn2cc(F)cnc2c1C(=O)Nc1cnccc1N1CCC(C(=O)N2CCCC2)CC1. The number of hydrogen-bond acceptors (Lipinski definition) is 7. The molecule has 2 aliphatic rings. The van der Waals surface area contributed by atoms with Gasteiger partial charge in [0, 0.05) is 38.3 Å².